The van der Waals surface area contributed by atoms with E-state index in [1.54, 1.807) is 12.1 Å². The van der Waals surface area contributed by atoms with Gasteiger partial charge in [-0.05, 0) is 35.0 Å². The minimum atomic E-state index is -0.432. The molecule has 0 aliphatic carbocycles. The summed E-state index contributed by atoms with van der Waals surface area (Å²) in [6.07, 6.45) is 6.72. The number of nitrogens with one attached hydrogen (secondary N) is 1. The summed E-state index contributed by atoms with van der Waals surface area (Å²) in [7, 11) is 0. The van der Waals surface area contributed by atoms with Crippen LogP contribution in [0.3, 0.4) is 0 Å². The third-order valence-corrected chi connectivity index (χ3v) is 4.25. The Morgan fingerprint density at radius 1 is 1.11 bits per heavy atom. The molecule has 0 saturated heterocycles. The molecule has 28 heavy (non-hydrogen) atoms. The molecule has 5 heteroatoms. The predicted molar refractivity (Wildman–Crippen MR) is 110 cm³/mol. The topological polar surface area (TPSA) is 63.8 Å². The standard InChI is InChI=1S/C23H16N2O3/c1-2-13-27-20-10-6-4-8-17(20)15-24-25-23(26)22-14-19-18-9-5-3-7-16(18)11-12-21(19)28-22/h1,3-12,14-15H,13H2,(H,25,26). The number of nitrogens with zero attached hydrogens (tertiary/aromatic N) is 1. The first kappa shape index (κ1) is 17.4. The zero-order chi connectivity index (χ0) is 19.3. The summed E-state index contributed by atoms with van der Waals surface area (Å²) in [5.41, 5.74) is 3.84. The number of rotatable bonds is 5. The van der Waals surface area contributed by atoms with Gasteiger partial charge in [0.15, 0.2) is 5.76 Å². The van der Waals surface area contributed by atoms with Gasteiger partial charge >= 0.3 is 5.91 Å². The molecule has 0 bridgehead atoms. The summed E-state index contributed by atoms with van der Waals surface area (Å²) in [5.74, 6) is 2.77. The molecular weight excluding hydrogens is 352 g/mol. The van der Waals surface area contributed by atoms with Crippen LogP contribution in [0.2, 0.25) is 0 Å². The van der Waals surface area contributed by atoms with Crippen molar-refractivity contribution in [2.45, 2.75) is 0 Å². The fraction of sp³-hybridized carbons (Fsp3) is 0.0435. The van der Waals surface area contributed by atoms with Gasteiger partial charge in [0.25, 0.3) is 0 Å². The molecule has 4 rings (SSSR count). The lowest BCUT2D eigenvalue weighted by molar-refractivity contribution is 0.0929. The van der Waals surface area contributed by atoms with Crippen LogP contribution in [0, 0.1) is 12.3 Å². The normalized spacial score (nSPS) is 11.0. The van der Waals surface area contributed by atoms with Crippen LogP contribution >= 0.6 is 0 Å². The second-order valence-electron chi connectivity index (χ2n) is 6.04. The van der Waals surface area contributed by atoms with E-state index in [-0.39, 0.29) is 12.4 Å². The van der Waals surface area contributed by atoms with E-state index in [4.69, 9.17) is 15.6 Å². The highest BCUT2D eigenvalue weighted by molar-refractivity contribution is 6.08. The van der Waals surface area contributed by atoms with Gasteiger partial charge in [-0.3, -0.25) is 4.79 Å². The van der Waals surface area contributed by atoms with E-state index in [0.717, 1.165) is 16.2 Å². The van der Waals surface area contributed by atoms with Crippen molar-refractivity contribution in [3.63, 3.8) is 0 Å². The summed E-state index contributed by atoms with van der Waals surface area (Å²) < 4.78 is 11.1. The first-order chi connectivity index (χ1) is 13.8. The lowest BCUT2D eigenvalue weighted by atomic mass is 10.1. The Morgan fingerprint density at radius 2 is 1.93 bits per heavy atom. The highest BCUT2D eigenvalue weighted by Crippen LogP contribution is 2.28. The molecule has 4 aromatic rings. The van der Waals surface area contributed by atoms with E-state index in [1.165, 1.54) is 6.21 Å². The number of hydrogen-bond donors (Lipinski definition) is 1. The Bertz CT molecular complexity index is 1230. The summed E-state index contributed by atoms with van der Waals surface area (Å²) in [6.45, 7) is 0.157. The average Bonchev–Trinajstić information content (AvgIpc) is 3.18. The SMILES string of the molecule is C#CCOc1ccccc1C=NNC(=O)c1cc2c(ccc3ccccc32)o1. The van der Waals surface area contributed by atoms with Crippen LogP contribution in [0.25, 0.3) is 21.7 Å². The van der Waals surface area contributed by atoms with E-state index in [9.17, 15) is 4.79 Å². The minimum absolute atomic E-state index is 0.157. The Labute approximate surface area is 161 Å². The lowest BCUT2D eigenvalue weighted by Gasteiger charge is -2.05. The van der Waals surface area contributed by atoms with E-state index >= 15 is 0 Å². The lowest BCUT2D eigenvalue weighted by Crippen LogP contribution is -2.16. The van der Waals surface area contributed by atoms with Crippen LogP contribution in [0.4, 0.5) is 0 Å². The molecule has 1 heterocycles. The molecule has 0 aliphatic heterocycles. The van der Waals surface area contributed by atoms with Crippen LogP contribution in [-0.4, -0.2) is 18.7 Å². The van der Waals surface area contributed by atoms with Gasteiger partial charge in [0.2, 0.25) is 0 Å². The fourth-order valence-corrected chi connectivity index (χ4v) is 2.96. The molecule has 0 fully saturated rings. The average molecular weight is 368 g/mol. The van der Waals surface area contributed by atoms with E-state index in [2.05, 4.69) is 16.4 Å². The highest BCUT2D eigenvalue weighted by atomic mass is 16.5. The molecule has 136 valence electrons. The van der Waals surface area contributed by atoms with Gasteiger partial charge in [0.1, 0.15) is 17.9 Å². The zero-order valence-corrected chi connectivity index (χ0v) is 14.9. The summed E-state index contributed by atoms with van der Waals surface area (Å²) >= 11 is 0. The van der Waals surface area contributed by atoms with E-state index in [1.807, 2.05) is 54.6 Å². The van der Waals surface area contributed by atoms with E-state index < -0.39 is 5.91 Å². The van der Waals surface area contributed by atoms with Crippen molar-refractivity contribution in [2.24, 2.45) is 5.10 Å². The number of furan rings is 1. The van der Waals surface area contributed by atoms with Crippen LogP contribution < -0.4 is 10.2 Å². The number of terminal acetylenes is 1. The second-order valence-corrected chi connectivity index (χ2v) is 6.04. The Balaban J connectivity index is 1.54. The molecule has 0 radical (unpaired) electrons. The van der Waals surface area contributed by atoms with Crippen molar-refractivity contribution in [2.75, 3.05) is 6.61 Å². The van der Waals surface area contributed by atoms with Gasteiger partial charge < -0.3 is 9.15 Å². The number of fused-ring (bicyclic) bond motifs is 3. The maximum Gasteiger partial charge on any atom is 0.307 e. The van der Waals surface area contributed by atoms with Gasteiger partial charge in [-0.25, -0.2) is 5.43 Å². The van der Waals surface area contributed by atoms with Gasteiger partial charge in [-0.2, -0.15) is 5.10 Å². The molecule has 3 aromatic carbocycles. The van der Waals surface area contributed by atoms with Crippen molar-refractivity contribution in [3.05, 3.63) is 78.1 Å². The summed E-state index contributed by atoms with van der Waals surface area (Å²) in [5, 5.41) is 7.01. The third kappa shape index (κ3) is 3.44. The first-order valence-electron chi connectivity index (χ1n) is 8.66. The van der Waals surface area contributed by atoms with Crippen LogP contribution in [0.15, 0.2) is 76.2 Å². The van der Waals surface area contributed by atoms with Gasteiger partial charge in [0, 0.05) is 10.9 Å². The smallest absolute Gasteiger partial charge is 0.307 e. The second kappa shape index (κ2) is 7.68. The maximum atomic E-state index is 12.4. The van der Waals surface area contributed by atoms with Crippen molar-refractivity contribution in [1.82, 2.24) is 5.43 Å². The molecule has 5 nitrogen and oxygen atoms in total. The molecule has 0 saturated carbocycles. The van der Waals surface area contributed by atoms with Crippen LogP contribution in [-0.2, 0) is 0 Å². The summed E-state index contributed by atoms with van der Waals surface area (Å²) in [6, 6.07) is 20.8. The van der Waals surface area contributed by atoms with Crippen LogP contribution in [0.5, 0.6) is 5.75 Å². The Morgan fingerprint density at radius 3 is 2.82 bits per heavy atom. The Kier molecular flexibility index (Phi) is 4.77. The summed E-state index contributed by atoms with van der Waals surface area (Å²) in [4.78, 5) is 12.4. The maximum absolute atomic E-state index is 12.4. The predicted octanol–water partition coefficient (Wildman–Crippen LogP) is 4.36. The molecule has 0 atom stereocenters. The molecular formula is C23H16N2O3. The van der Waals surface area contributed by atoms with Crippen LogP contribution in [0.1, 0.15) is 16.1 Å². The molecule has 1 N–H and O–H groups in total. The number of para-hydroxylation sites is 1. The third-order valence-electron chi connectivity index (χ3n) is 4.25. The highest BCUT2D eigenvalue weighted by Gasteiger charge is 2.13. The number of amides is 1. The number of benzene rings is 3. The molecule has 0 spiro atoms. The van der Waals surface area contributed by atoms with Crippen molar-refractivity contribution in [3.8, 4) is 18.1 Å². The number of carbonyl (C=O) groups excluding carboxylic acids is 1. The Hall–Kier alpha value is -4.04. The van der Waals surface area contributed by atoms with Crippen molar-refractivity contribution < 1.29 is 13.9 Å². The monoisotopic (exact) mass is 368 g/mol. The quantitative estimate of drug-likeness (QED) is 0.323. The number of hydrazone groups is 1. The van der Waals surface area contributed by atoms with Crippen molar-refractivity contribution in [1.29, 1.82) is 0 Å². The zero-order valence-electron chi connectivity index (χ0n) is 14.9. The first-order valence-corrected chi connectivity index (χ1v) is 8.66. The minimum Gasteiger partial charge on any atom is -0.480 e. The fourth-order valence-electron chi connectivity index (χ4n) is 2.96. The van der Waals surface area contributed by atoms with Gasteiger partial charge in [-0.1, -0.05) is 48.4 Å². The molecule has 0 aliphatic rings. The van der Waals surface area contributed by atoms with Crippen molar-refractivity contribution >= 4 is 33.9 Å². The number of hydrogen-bond acceptors (Lipinski definition) is 4. The largest absolute Gasteiger partial charge is 0.480 e. The van der Waals surface area contributed by atoms with Gasteiger partial charge in [-0.15, -0.1) is 6.42 Å². The molecule has 1 amide bonds. The van der Waals surface area contributed by atoms with E-state index in [0.29, 0.717) is 16.9 Å². The molecule has 0 unspecified atom stereocenters. The number of ether oxygens (including phenoxy) is 1. The number of carbonyl (C=O) groups is 1. The molecule has 1 aromatic heterocycles. The van der Waals surface area contributed by atoms with Gasteiger partial charge in [0.05, 0.1) is 6.21 Å².